The van der Waals surface area contributed by atoms with E-state index in [1.54, 1.807) is 0 Å². The van der Waals surface area contributed by atoms with Gasteiger partial charge in [0, 0.05) is 0 Å². The zero-order valence-electron chi connectivity index (χ0n) is 61.2. The molecule has 0 spiro atoms. The molecular formula is C84H84Li10. The number of benzene rings is 13. The molecule has 13 aromatic carbocycles. The SMILES string of the molecule is C[C-](C)C.C[CH-]CC.Cc1[c-]cccc1.Cc1c[c-]cc(C)c1.[CH2-]CCC.[CH2-]c1ccccc1.[Li+].[Li+].[Li+].[Li+].[Li+].[Li+].[Li+].[Li+].[Li+].[Li+].[c-]1c2ccccc2cc2ccccc12.[c-]1cc2ccccc2c2ccccc12.[c-]1cccc2ccccc12.[c-]1ccccc1-c1ccccc1. The van der Waals surface area contributed by atoms with Crippen molar-refractivity contribution in [2.45, 2.75) is 81.6 Å². The maximum atomic E-state index is 3.72. The third kappa shape index (κ3) is 44.8. The van der Waals surface area contributed by atoms with Crippen molar-refractivity contribution in [1.82, 2.24) is 0 Å². The monoisotopic (exact) mass is 1160 g/mol. The standard InChI is InChI=1S/2C14H9.C12H9.C10H7.C8H9.2C7H7.3C4H9.10Li/c1-3-7-13-11(5-1)9-10-12-6-2-4-8-14(12)13;1-2-6-12-10-14-8-4-3-7-13(14)9-11(12)5-1;1-3-7-11(8-4-1)12-9-5-2-6-10-12;1-2-6-10-8-4-3-7-9(10)5-1;1-7-4-3-5-8(2)6-7;2*1-7-5-3-2-4-6-7;1-4(2)3;2*1-3-4-2;;;;;;;;;;/h2*1-9H;1-9H;1-7H;4-6H,1-2H3;2-5H,1H3;2-6H,1H2;1-3H3;3H,4H2,1-2H3;1,3-4H2,2H3;;;;;;;;;;/q10*-1;10*+1. The van der Waals surface area contributed by atoms with Gasteiger partial charge in [0.25, 0.3) is 0 Å². The van der Waals surface area contributed by atoms with E-state index in [0.717, 1.165) is 17.5 Å². The molecule has 0 aliphatic heterocycles. The Morgan fingerprint density at radius 2 is 0.777 bits per heavy atom. The third-order valence-electron chi connectivity index (χ3n) is 12.0. The van der Waals surface area contributed by atoms with Crippen LogP contribution in [-0.4, -0.2) is 0 Å². The molecule has 0 saturated heterocycles. The fraction of sp³-hybridized carbons (Fsp3) is 0.143. The second-order valence-corrected chi connectivity index (χ2v) is 20.1. The minimum atomic E-state index is 0. The van der Waals surface area contributed by atoms with Crippen LogP contribution in [0.1, 0.15) is 83.1 Å². The van der Waals surface area contributed by atoms with Gasteiger partial charge in [0.2, 0.25) is 0 Å². The number of unbranched alkanes of at least 4 members (excludes halogenated alkanes) is 2. The second-order valence-electron chi connectivity index (χ2n) is 20.1. The Hall–Kier alpha value is -3.00. The van der Waals surface area contributed by atoms with E-state index in [0.29, 0.717) is 0 Å². The van der Waals surface area contributed by atoms with Crippen LogP contribution in [0.15, 0.2) is 279 Å². The number of hydrogen-bond acceptors (Lipinski definition) is 0. The van der Waals surface area contributed by atoms with Crippen molar-refractivity contribution in [1.29, 1.82) is 0 Å². The van der Waals surface area contributed by atoms with Crippen molar-refractivity contribution < 1.29 is 189 Å². The molecule has 0 fully saturated rings. The maximum Gasteiger partial charge on any atom is 1.00 e. The zero-order chi connectivity index (χ0) is 60.4. The smallest absolute Gasteiger partial charge is 0.343 e. The molecule has 0 bridgehead atoms. The first kappa shape index (κ1) is 104. The molecule has 0 aliphatic rings. The summed E-state index contributed by atoms with van der Waals surface area (Å²) in [6, 6.07) is 113. The Balaban J connectivity index is -0.000000182. The quantitative estimate of drug-likeness (QED) is 0.0718. The molecule has 10 heteroatoms. The van der Waals surface area contributed by atoms with Crippen LogP contribution >= 0.6 is 0 Å². The normalized spacial score (nSPS) is 8.63. The first-order valence-corrected chi connectivity index (χ1v) is 29.0. The molecule has 13 rings (SSSR count). The van der Waals surface area contributed by atoms with Gasteiger partial charge in [-0.25, -0.2) is 0 Å². The van der Waals surface area contributed by atoms with Crippen molar-refractivity contribution >= 4 is 53.9 Å². The predicted octanol–water partition coefficient (Wildman–Crippen LogP) is -5.95. The average Bonchev–Trinajstić information content (AvgIpc) is 0.821. The van der Waals surface area contributed by atoms with Crippen molar-refractivity contribution in [3.63, 3.8) is 0 Å². The molecule has 0 atom stereocenters. The van der Waals surface area contributed by atoms with Crippen molar-refractivity contribution in [2.75, 3.05) is 0 Å². The van der Waals surface area contributed by atoms with Crippen molar-refractivity contribution in [2.24, 2.45) is 0 Å². The van der Waals surface area contributed by atoms with E-state index in [2.05, 4.69) is 246 Å². The molecule has 0 aliphatic carbocycles. The number of fused-ring (bicyclic) bond motifs is 6. The first-order chi connectivity index (χ1) is 41.0. The summed E-state index contributed by atoms with van der Waals surface area (Å²) in [6.07, 6.45) is 5.60. The molecule has 0 saturated carbocycles. The van der Waals surface area contributed by atoms with Crippen LogP contribution < -0.4 is 189 Å². The Bertz CT molecular complexity index is 3430. The fourth-order valence-electron chi connectivity index (χ4n) is 7.62. The van der Waals surface area contributed by atoms with Gasteiger partial charge in [-0.05, 0) is 0 Å². The zero-order valence-corrected chi connectivity index (χ0v) is 61.2. The molecular weight excluding hydrogens is 1080 g/mol. The predicted molar refractivity (Wildman–Crippen MR) is 371 cm³/mol. The van der Waals surface area contributed by atoms with Gasteiger partial charge in [0.15, 0.2) is 0 Å². The van der Waals surface area contributed by atoms with Gasteiger partial charge < -0.3 is 19.3 Å². The summed E-state index contributed by atoms with van der Waals surface area (Å²) in [6.45, 7) is 26.0. The van der Waals surface area contributed by atoms with E-state index >= 15 is 0 Å². The minimum Gasteiger partial charge on any atom is -0.343 e. The third-order valence-corrected chi connectivity index (χ3v) is 12.0. The molecule has 0 nitrogen and oxygen atoms in total. The van der Waals surface area contributed by atoms with E-state index in [4.69, 9.17) is 0 Å². The van der Waals surface area contributed by atoms with E-state index in [1.807, 2.05) is 153 Å². The summed E-state index contributed by atoms with van der Waals surface area (Å²) in [5, 5.41) is 12.4. The molecule has 0 unspecified atom stereocenters. The summed E-state index contributed by atoms with van der Waals surface area (Å²) >= 11 is 0. The Morgan fingerprint density at radius 3 is 1.18 bits per heavy atom. The van der Waals surface area contributed by atoms with Crippen LogP contribution in [0.25, 0.3) is 65.0 Å². The van der Waals surface area contributed by atoms with Gasteiger partial charge >= 0.3 is 189 Å². The van der Waals surface area contributed by atoms with Gasteiger partial charge in [-0.15, -0.1) is 165 Å². The molecule has 0 heterocycles. The summed E-state index contributed by atoms with van der Waals surface area (Å²) in [7, 11) is 0. The summed E-state index contributed by atoms with van der Waals surface area (Å²) in [5.41, 5.74) is 7.20. The van der Waals surface area contributed by atoms with E-state index < -0.39 is 0 Å². The molecule has 13 aromatic rings. The number of rotatable bonds is 3. The van der Waals surface area contributed by atoms with Gasteiger partial charge in [-0.1, -0.05) is 189 Å². The van der Waals surface area contributed by atoms with Crippen LogP contribution in [0, 0.1) is 83.4 Å². The molecule has 0 N–H and O–H groups in total. The fourth-order valence-corrected chi connectivity index (χ4v) is 7.62. The van der Waals surface area contributed by atoms with E-state index in [1.165, 1.54) is 94.9 Å². The largest absolute Gasteiger partial charge is 1.00 e. The van der Waals surface area contributed by atoms with Crippen molar-refractivity contribution in [3.05, 3.63) is 364 Å². The molecule has 0 aromatic heterocycles. The minimum absolute atomic E-state index is 0. The van der Waals surface area contributed by atoms with Crippen LogP contribution in [-0.2, 0) is 0 Å². The molecule has 430 valence electrons. The summed E-state index contributed by atoms with van der Waals surface area (Å²) in [5.74, 6) is 1.42. The Kier molecular flexibility index (Phi) is 73.3. The topological polar surface area (TPSA) is 0 Å². The van der Waals surface area contributed by atoms with Crippen LogP contribution in [0.5, 0.6) is 0 Å². The van der Waals surface area contributed by atoms with Crippen LogP contribution in [0.3, 0.4) is 0 Å². The summed E-state index contributed by atoms with van der Waals surface area (Å²) < 4.78 is 0. The van der Waals surface area contributed by atoms with Gasteiger partial charge in [-0.3, -0.25) is 0 Å². The Labute approximate surface area is 690 Å². The Morgan fingerprint density at radius 1 is 0.383 bits per heavy atom. The number of aryl methyl sites for hydroxylation is 3. The first-order valence-electron chi connectivity index (χ1n) is 29.0. The van der Waals surface area contributed by atoms with Gasteiger partial charge in [-0.2, -0.15) is 136 Å². The molecule has 0 radical (unpaired) electrons. The molecule has 94 heavy (non-hydrogen) atoms. The van der Waals surface area contributed by atoms with Gasteiger partial charge in [0.1, 0.15) is 0 Å². The van der Waals surface area contributed by atoms with Crippen LogP contribution in [0.2, 0.25) is 0 Å². The van der Waals surface area contributed by atoms with E-state index in [9.17, 15) is 0 Å². The summed E-state index contributed by atoms with van der Waals surface area (Å²) in [4.78, 5) is 0. The average molecular weight is 1160 g/mol. The molecule has 0 amide bonds. The van der Waals surface area contributed by atoms with E-state index in [-0.39, 0.29) is 189 Å². The van der Waals surface area contributed by atoms with Gasteiger partial charge in [0.05, 0.1) is 0 Å². The number of hydrogen-bond donors (Lipinski definition) is 0. The van der Waals surface area contributed by atoms with Crippen molar-refractivity contribution in [3.8, 4) is 11.1 Å². The second kappa shape index (κ2) is 65.9. The van der Waals surface area contributed by atoms with Crippen LogP contribution in [0.4, 0.5) is 0 Å². The maximum absolute atomic E-state index is 3.72.